The van der Waals surface area contributed by atoms with E-state index in [1.54, 1.807) is 0 Å². The molecule has 1 N–H and O–H groups in total. The molecule has 24 heavy (non-hydrogen) atoms. The molecular weight excluding hydrogens is 322 g/mol. The Morgan fingerprint density at radius 3 is 2.71 bits per heavy atom. The normalized spacial score (nSPS) is 17.6. The lowest BCUT2D eigenvalue weighted by atomic mass is 10.1. The Kier molecular flexibility index (Phi) is 6.53. The molecule has 0 unspecified atom stereocenters. The van der Waals surface area contributed by atoms with Crippen LogP contribution in [0.15, 0.2) is 48.5 Å². The molecule has 1 heterocycles. The van der Waals surface area contributed by atoms with Crippen molar-refractivity contribution in [3.63, 3.8) is 0 Å². The predicted octanol–water partition coefficient (Wildman–Crippen LogP) is 4.58. The maximum atomic E-state index is 5.98. The summed E-state index contributed by atoms with van der Waals surface area (Å²) in [5.41, 5.74) is 2.32. The minimum absolute atomic E-state index is 0.374. The standard InChI is InChI=1S/C20H24ClNO2/c21-18-5-3-4-17(12-18)15-24-19-9-7-16(8-10-19)13-22-14-20-6-1-2-11-23-20/h3-5,7-10,12,20,22H,1-2,6,11,13-15H2/t20-/m1/s1. The van der Waals surface area contributed by atoms with E-state index in [-0.39, 0.29) is 0 Å². The fourth-order valence-electron chi connectivity index (χ4n) is 2.84. The first kappa shape index (κ1) is 17.3. The quantitative estimate of drug-likeness (QED) is 0.796. The largest absolute Gasteiger partial charge is 0.489 e. The van der Waals surface area contributed by atoms with Crippen LogP contribution in [0.1, 0.15) is 30.4 Å². The van der Waals surface area contributed by atoms with E-state index >= 15 is 0 Å². The van der Waals surface area contributed by atoms with E-state index in [2.05, 4.69) is 17.4 Å². The molecule has 3 rings (SSSR count). The molecule has 1 aliphatic rings. The number of ether oxygens (including phenoxy) is 2. The van der Waals surface area contributed by atoms with Crippen LogP contribution >= 0.6 is 11.6 Å². The summed E-state index contributed by atoms with van der Waals surface area (Å²) in [4.78, 5) is 0. The third-order valence-corrected chi connectivity index (χ3v) is 4.43. The van der Waals surface area contributed by atoms with Crippen molar-refractivity contribution in [1.29, 1.82) is 0 Å². The van der Waals surface area contributed by atoms with Crippen LogP contribution in [0.4, 0.5) is 0 Å². The third-order valence-electron chi connectivity index (χ3n) is 4.19. The Labute approximate surface area is 148 Å². The van der Waals surface area contributed by atoms with Crippen molar-refractivity contribution in [3.05, 3.63) is 64.7 Å². The van der Waals surface area contributed by atoms with E-state index < -0.39 is 0 Å². The molecule has 4 heteroatoms. The number of hydrogen-bond acceptors (Lipinski definition) is 3. The summed E-state index contributed by atoms with van der Waals surface area (Å²) >= 11 is 5.98. The first-order valence-electron chi connectivity index (χ1n) is 8.58. The van der Waals surface area contributed by atoms with Crippen molar-refractivity contribution in [1.82, 2.24) is 5.32 Å². The second-order valence-corrected chi connectivity index (χ2v) is 6.62. The molecule has 128 valence electrons. The van der Waals surface area contributed by atoms with Gasteiger partial charge in [-0.05, 0) is 54.7 Å². The lowest BCUT2D eigenvalue weighted by molar-refractivity contribution is 0.0168. The van der Waals surface area contributed by atoms with Crippen LogP contribution in [0.2, 0.25) is 5.02 Å². The summed E-state index contributed by atoms with van der Waals surface area (Å²) in [7, 11) is 0. The van der Waals surface area contributed by atoms with Gasteiger partial charge in [0.15, 0.2) is 0 Å². The number of hydrogen-bond donors (Lipinski definition) is 1. The average Bonchev–Trinajstić information content (AvgIpc) is 2.62. The zero-order valence-electron chi connectivity index (χ0n) is 13.8. The average molecular weight is 346 g/mol. The summed E-state index contributed by atoms with van der Waals surface area (Å²) < 4.78 is 11.5. The van der Waals surface area contributed by atoms with Crippen molar-refractivity contribution in [2.45, 2.75) is 38.5 Å². The van der Waals surface area contributed by atoms with Crippen molar-refractivity contribution in [3.8, 4) is 5.75 Å². The van der Waals surface area contributed by atoms with Gasteiger partial charge in [0.1, 0.15) is 12.4 Å². The van der Waals surface area contributed by atoms with E-state index in [1.807, 2.05) is 36.4 Å². The van der Waals surface area contributed by atoms with Crippen LogP contribution < -0.4 is 10.1 Å². The highest BCUT2D eigenvalue weighted by Gasteiger charge is 2.12. The van der Waals surface area contributed by atoms with Crippen LogP contribution in [0.5, 0.6) is 5.75 Å². The first-order chi connectivity index (χ1) is 11.8. The molecule has 1 aliphatic heterocycles. The molecule has 1 saturated heterocycles. The Balaban J connectivity index is 1.41. The maximum Gasteiger partial charge on any atom is 0.119 e. The fraction of sp³-hybridized carbons (Fsp3) is 0.400. The van der Waals surface area contributed by atoms with Crippen molar-refractivity contribution < 1.29 is 9.47 Å². The zero-order chi connectivity index (χ0) is 16.6. The number of benzene rings is 2. The van der Waals surface area contributed by atoms with Gasteiger partial charge in [-0.2, -0.15) is 0 Å². The molecule has 0 spiro atoms. The lowest BCUT2D eigenvalue weighted by Gasteiger charge is -2.22. The summed E-state index contributed by atoms with van der Waals surface area (Å²) in [6, 6.07) is 16.0. The van der Waals surface area contributed by atoms with Gasteiger partial charge in [0.2, 0.25) is 0 Å². The maximum absolute atomic E-state index is 5.98. The molecule has 0 aliphatic carbocycles. The smallest absolute Gasteiger partial charge is 0.119 e. The third kappa shape index (κ3) is 5.52. The summed E-state index contributed by atoms with van der Waals surface area (Å²) in [5, 5.41) is 4.21. The van der Waals surface area contributed by atoms with Crippen LogP contribution in [-0.2, 0) is 17.9 Å². The topological polar surface area (TPSA) is 30.5 Å². The number of rotatable bonds is 7. The molecule has 0 radical (unpaired) electrons. The van der Waals surface area contributed by atoms with Gasteiger partial charge in [-0.3, -0.25) is 0 Å². The van der Waals surface area contributed by atoms with Crippen molar-refractivity contribution >= 4 is 11.6 Å². The Hall–Kier alpha value is -1.55. The summed E-state index contributed by atoms with van der Waals surface area (Å²) in [6.45, 7) is 3.21. The van der Waals surface area contributed by atoms with E-state index in [4.69, 9.17) is 21.1 Å². The van der Waals surface area contributed by atoms with Crippen LogP contribution in [0.3, 0.4) is 0 Å². The van der Waals surface area contributed by atoms with Crippen molar-refractivity contribution in [2.75, 3.05) is 13.2 Å². The highest BCUT2D eigenvalue weighted by Crippen LogP contribution is 2.16. The van der Waals surface area contributed by atoms with Gasteiger partial charge in [-0.25, -0.2) is 0 Å². The van der Waals surface area contributed by atoms with Gasteiger partial charge in [0, 0.05) is 24.7 Å². The fourth-order valence-corrected chi connectivity index (χ4v) is 3.06. The Morgan fingerprint density at radius 1 is 1.08 bits per heavy atom. The zero-order valence-corrected chi connectivity index (χ0v) is 14.6. The number of halogens is 1. The molecule has 1 fully saturated rings. The van der Waals surface area contributed by atoms with Crippen LogP contribution in [0.25, 0.3) is 0 Å². The molecule has 0 saturated carbocycles. The highest BCUT2D eigenvalue weighted by molar-refractivity contribution is 6.30. The van der Waals surface area contributed by atoms with Gasteiger partial charge in [0.25, 0.3) is 0 Å². The van der Waals surface area contributed by atoms with Crippen molar-refractivity contribution in [2.24, 2.45) is 0 Å². The molecule has 0 bridgehead atoms. The second-order valence-electron chi connectivity index (χ2n) is 6.18. The molecular formula is C20H24ClNO2. The highest BCUT2D eigenvalue weighted by atomic mass is 35.5. The van der Waals surface area contributed by atoms with Gasteiger partial charge < -0.3 is 14.8 Å². The monoisotopic (exact) mass is 345 g/mol. The first-order valence-corrected chi connectivity index (χ1v) is 8.96. The molecule has 3 nitrogen and oxygen atoms in total. The molecule has 0 amide bonds. The Bertz CT molecular complexity index is 624. The second kappa shape index (κ2) is 9.07. The minimum Gasteiger partial charge on any atom is -0.489 e. The summed E-state index contributed by atoms with van der Waals surface area (Å²) in [6.07, 6.45) is 4.03. The van der Waals surface area contributed by atoms with E-state index in [0.717, 1.165) is 36.0 Å². The van der Waals surface area contributed by atoms with Crippen LogP contribution in [0, 0.1) is 0 Å². The van der Waals surface area contributed by atoms with E-state index in [0.29, 0.717) is 12.7 Å². The van der Waals surface area contributed by atoms with Gasteiger partial charge >= 0.3 is 0 Å². The summed E-state index contributed by atoms with van der Waals surface area (Å²) in [5.74, 6) is 0.870. The lowest BCUT2D eigenvalue weighted by Crippen LogP contribution is -2.31. The number of nitrogens with one attached hydrogen (secondary N) is 1. The molecule has 2 aromatic carbocycles. The molecule has 1 atom stereocenters. The van der Waals surface area contributed by atoms with Gasteiger partial charge in [-0.1, -0.05) is 35.9 Å². The van der Waals surface area contributed by atoms with Crippen LogP contribution in [-0.4, -0.2) is 19.3 Å². The van der Waals surface area contributed by atoms with E-state index in [1.165, 1.54) is 24.8 Å². The van der Waals surface area contributed by atoms with Gasteiger partial charge in [-0.15, -0.1) is 0 Å². The molecule has 2 aromatic rings. The minimum atomic E-state index is 0.374. The molecule has 0 aromatic heterocycles. The Morgan fingerprint density at radius 2 is 1.96 bits per heavy atom. The SMILES string of the molecule is Clc1cccc(COc2ccc(CNC[C@H]3CCCCO3)cc2)c1. The van der Waals surface area contributed by atoms with Gasteiger partial charge in [0.05, 0.1) is 6.10 Å². The predicted molar refractivity (Wildman–Crippen MR) is 97.5 cm³/mol. The van der Waals surface area contributed by atoms with E-state index in [9.17, 15) is 0 Å².